The first-order valence-electron chi connectivity index (χ1n) is 5.44. The molecule has 0 saturated heterocycles. The minimum absolute atomic E-state index is 0.0486. The number of hydrogen-bond acceptors (Lipinski definition) is 5. The van der Waals surface area contributed by atoms with Gasteiger partial charge in [0.2, 0.25) is 0 Å². The van der Waals surface area contributed by atoms with Crippen LogP contribution in [-0.2, 0) is 13.6 Å². The molecule has 0 amide bonds. The molecule has 18 heavy (non-hydrogen) atoms. The summed E-state index contributed by atoms with van der Waals surface area (Å²) in [6.45, 7) is 3.07. The maximum Gasteiger partial charge on any atom is 0.358 e. The number of nitrogens with one attached hydrogen (secondary N) is 1. The summed E-state index contributed by atoms with van der Waals surface area (Å²) in [5, 5.41) is 23.4. The van der Waals surface area contributed by atoms with E-state index in [0.29, 0.717) is 13.1 Å². The average molecular weight is 250 g/mol. The second kappa shape index (κ2) is 4.86. The third kappa shape index (κ3) is 2.65. The van der Waals surface area contributed by atoms with Gasteiger partial charge >= 0.3 is 5.97 Å². The first-order chi connectivity index (χ1) is 8.56. The summed E-state index contributed by atoms with van der Waals surface area (Å²) in [6.07, 6.45) is 3.29. The fraction of sp³-hybridized carbons (Fsp3) is 0.400. The molecule has 8 heteroatoms. The third-order valence-electron chi connectivity index (χ3n) is 2.43. The van der Waals surface area contributed by atoms with E-state index in [9.17, 15) is 4.79 Å². The van der Waals surface area contributed by atoms with Gasteiger partial charge in [0.1, 0.15) is 0 Å². The summed E-state index contributed by atoms with van der Waals surface area (Å²) in [5.74, 6) is -1.07. The monoisotopic (exact) mass is 250 g/mol. The zero-order valence-electron chi connectivity index (χ0n) is 10.2. The van der Waals surface area contributed by atoms with Crippen molar-refractivity contribution in [2.24, 2.45) is 7.05 Å². The lowest BCUT2D eigenvalue weighted by Gasteiger charge is -2.03. The standard InChI is InChI=1S/C10H14N6O2/c1-7-8(5-15(2)13-7)11-3-4-16-6-9(10(17)18)12-14-16/h5-6,11H,3-4H2,1-2H3,(H,17,18). The van der Waals surface area contributed by atoms with Crippen LogP contribution in [0.5, 0.6) is 0 Å². The number of carboxylic acid groups (broad SMARTS) is 1. The molecule has 0 bridgehead atoms. The lowest BCUT2D eigenvalue weighted by Crippen LogP contribution is -2.11. The van der Waals surface area contributed by atoms with Crippen molar-refractivity contribution in [1.29, 1.82) is 0 Å². The van der Waals surface area contributed by atoms with Crippen molar-refractivity contribution in [2.45, 2.75) is 13.5 Å². The van der Waals surface area contributed by atoms with Gasteiger partial charge in [-0.1, -0.05) is 5.21 Å². The van der Waals surface area contributed by atoms with E-state index in [4.69, 9.17) is 5.11 Å². The molecule has 2 N–H and O–H groups in total. The molecule has 2 rings (SSSR count). The predicted octanol–water partition coefficient (Wildman–Crippen LogP) is 0.130. The van der Waals surface area contributed by atoms with E-state index in [1.165, 1.54) is 10.9 Å². The van der Waals surface area contributed by atoms with Crippen molar-refractivity contribution in [3.63, 3.8) is 0 Å². The van der Waals surface area contributed by atoms with E-state index >= 15 is 0 Å². The van der Waals surface area contributed by atoms with Crippen LogP contribution in [0.3, 0.4) is 0 Å². The van der Waals surface area contributed by atoms with Crippen LogP contribution in [0.2, 0.25) is 0 Å². The summed E-state index contributed by atoms with van der Waals surface area (Å²) in [6, 6.07) is 0. The first kappa shape index (κ1) is 12.1. The molecule has 0 aromatic carbocycles. The molecule has 0 aliphatic carbocycles. The molecule has 0 fully saturated rings. The SMILES string of the molecule is Cc1nn(C)cc1NCCn1cc(C(=O)O)nn1. The van der Waals surface area contributed by atoms with E-state index in [1.54, 1.807) is 4.68 Å². The quantitative estimate of drug-likeness (QED) is 0.782. The summed E-state index contributed by atoms with van der Waals surface area (Å²) in [7, 11) is 1.86. The molecule has 0 spiro atoms. The topological polar surface area (TPSA) is 97.9 Å². The van der Waals surface area contributed by atoms with Gasteiger partial charge in [0.05, 0.1) is 24.1 Å². The number of carboxylic acids is 1. The van der Waals surface area contributed by atoms with E-state index in [-0.39, 0.29) is 5.69 Å². The lowest BCUT2D eigenvalue weighted by atomic mass is 10.4. The Morgan fingerprint density at radius 1 is 1.50 bits per heavy atom. The Bertz CT molecular complexity index is 558. The highest BCUT2D eigenvalue weighted by molar-refractivity contribution is 5.84. The van der Waals surface area contributed by atoms with Crippen molar-refractivity contribution in [2.75, 3.05) is 11.9 Å². The molecular weight excluding hydrogens is 236 g/mol. The lowest BCUT2D eigenvalue weighted by molar-refractivity contribution is 0.0690. The third-order valence-corrected chi connectivity index (χ3v) is 2.43. The van der Waals surface area contributed by atoms with Crippen molar-refractivity contribution in [3.05, 3.63) is 23.8 Å². The van der Waals surface area contributed by atoms with Crippen molar-refractivity contribution < 1.29 is 9.90 Å². The number of hydrogen-bond donors (Lipinski definition) is 2. The number of nitrogens with zero attached hydrogens (tertiary/aromatic N) is 5. The van der Waals surface area contributed by atoms with Gasteiger partial charge in [-0.25, -0.2) is 9.48 Å². The number of carbonyl (C=O) groups is 1. The zero-order valence-corrected chi connectivity index (χ0v) is 10.2. The largest absolute Gasteiger partial charge is 0.476 e. The first-order valence-corrected chi connectivity index (χ1v) is 5.44. The normalized spacial score (nSPS) is 10.6. The van der Waals surface area contributed by atoms with Gasteiger partial charge in [0.25, 0.3) is 0 Å². The Kier molecular flexibility index (Phi) is 3.26. The minimum Gasteiger partial charge on any atom is -0.476 e. The molecule has 8 nitrogen and oxygen atoms in total. The fourth-order valence-corrected chi connectivity index (χ4v) is 1.58. The van der Waals surface area contributed by atoms with Gasteiger partial charge in [-0.05, 0) is 6.92 Å². The molecule has 0 atom stereocenters. The Morgan fingerprint density at radius 2 is 2.28 bits per heavy atom. The Balaban J connectivity index is 1.88. The van der Waals surface area contributed by atoms with E-state index in [1.807, 2.05) is 20.2 Å². The smallest absolute Gasteiger partial charge is 0.358 e. The molecule has 96 valence electrons. The highest BCUT2D eigenvalue weighted by atomic mass is 16.4. The van der Waals surface area contributed by atoms with Crippen molar-refractivity contribution >= 4 is 11.7 Å². The highest BCUT2D eigenvalue weighted by Gasteiger charge is 2.08. The van der Waals surface area contributed by atoms with Crippen LogP contribution in [0.25, 0.3) is 0 Å². The van der Waals surface area contributed by atoms with Crippen LogP contribution in [0.1, 0.15) is 16.2 Å². The zero-order chi connectivity index (χ0) is 13.1. The second-order valence-electron chi connectivity index (χ2n) is 3.90. The molecule has 2 heterocycles. The Morgan fingerprint density at radius 3 is 2.83 bits per heavy atom. The van der Waals surface area contributed by atoms with Gasteiger partial charge in [0.15, 0.2) is 5.69 Å². The summed E-state index contributed by atoms with van der Waals surface area (Å²) < 4.78 is 3.22. The second-order valence-corrected chi connectivity index (χ2v) is 3.90. The molecule has 2 aromatic heterocycles. The molecule has 0 unspecified atom stereocenters. The number of aryl methyl sites for hydroxylation is 2. The maximum atomic E-state index is 10.6. The molecule has 0 radical (unpaired) electrons. The summed E-state index contributed by atoms with van der Waals surface area (Å²) in [5.41, 5.74) is 1.82. The van der Waals surface area contributed by atoms with Crippen LogP contribution in [0.15, 0.2) is 12.4 Å². The van der Waals surface area contributed by atoms with E-state index in [2.05, 4.69) is 20.7 Å². The maximum absolute atomic E-state index is 10.6. The molecule has 0 aliphatic heterocycles. The summed E-state index contributed by atoms with van der Waals surface area (Å²) in [4.78, 5) is 10.6. The number of aromatic carboxylic acids is 1. The van der Waals surface area contributed by atoms with Gasteiger partial charge in [0, 0.05) is 19.8 Å². The molecule has 0 saturated carbocycles. The van der Waals surface area contributed by atoms with Crippen LogP contribution in [0, 0.1) is 6.92 Å². The van der Waals surface area contributed by atoms with Crippen LogP contribution in [-0.4, -0.2) is 42.4 Å². The predicted molar refractivity (Wildman–Crippen MR) is 63.4 cm³/mol. The molecular formula is C10H14N6O2. The molecule has 2 aromatic rings. The van der Waals surface area contributed by atoms with E-state index < -0.39 is 5.97 Å². The average Bonchev–Trinajstić information content (AvgIpc) is 2.87. The van der Waals surface area contributed by atoms with Gasteiger partial charge < -0.3 is 10.4 Å². The Labute approximate surface area is 103 Å². The number of anilines is 1. The van der Waals surface area contributed by atoms with Crippen LogP contribution >= 0.6 is 0 Å². The van der Waals surface area contributed by atoms with Gasteiger partial charge in [-0.3, -0.25) is 4.68 Å². The highest BCUT2D eigenvalue weighted by Crippen LogP contribution is 2.10. The van der Waals surface area contributed by atoms with E-state index in [0.717, 1.165) is 11.4 Å². The van der Waals surface area contributed by atoms with Gasteiger partial charge in [-0.2, -0.15) is 5.10 Å². The van der Waals surface area contributed by atoms with Gasteiger partial charge in [-0.15, -0.1) is 5.10 Å². The van der Waals surface area contributed by atoms with Crippen LogP contribution < -0.4 is 5.32 Å². The van der Waals surface area contributed by atoms with Crippen LogP contribution in [0.4, 0.5) is 5.69 Å². The Hall–Kier alpha value is -2.38. The summed E-state index contributed by atoms with van der Waals surface area (Å²) >= 11 is 0. The van der Waals surface area contributed by atoms with Crippen molar-refractivity contribution in [1.82, 2.24) is 24.8 Å². The fourth-order valence-electron chi connectivity index (χ4n) is 1.58. The number of rotatable bonds is 5. The van der Waals surface area contributed by atoms with Crippen molar-refractivity contribution in [3.8, 4) is 0 Å². The number of aromatic nitrogens is 5. The minimum atomic E-state index is -1.07. The molecule has 0 aliphatic rings.